The Hall–Kier alpha value is -1.42. The van der Waals surface area contributed by atoms with Crippen LogP contribution in [0.3, 0.4) is 0 Å². The van der Waals surface area contributed by atoms with Crippen LogP contribution in [-0.2, 0) is 11.4 Å². The van der Waals surface area contributed by atoms with Crippen LogP contribution in [0.1, 0.15) is 39.2 Å². The van der Waals surface area contributed by atoms with Gasteiger partial charge in [0.05, 0.1) is 6.61 Å². The Morgan fingerprint density at radius 3 is 2.00 bits per heavy atom. The van der Waals surface area contributed by atoms with Crippen LogP contribution in [-0.4, -0.2) is 34.0 Å². The molecule has 0 bridgehead atoms. The molecule has 1 atom stereocenters. The maximum absolute atomic E-state index is 13.2. The highest BCUT2D eigenvalue weighted by Crippen LogP contribution is 2.28. The van der Waals surface area contributed by atoms with Gasteiger partial charge in [-0.3, -0.25) is 0 Å². The molecular weight excluding hydrogens is 384 g/mol. The number of alkyl halides is 6. The molecule has 0 aliphatic carbocycles. The number of ether oxygens (including phenoxy) is 1. The van der Waals surface area contributed by atoms with E-state index >= 15 is 0 Å². The molecule has 148 valence electrons. The summed E-state index contributed by atoms with van der Waals surface area (Å²) in [5.41, 5.74) is -1.59. The van der Waals surface area contributed by atoms with E-state index in [0.29, 0.717) is 0 Å². The van der Waals surface area contributed by atoms with Crippen molar-refractivity contribution in [2.24, 2.45) is 4.40 Å². The first-order valence-electron chi connectivity index (χ1n) is 7.58. The monoisotopic (exact) mass is 403 g/mol. The van der Waals surface area contributed by atoms with E-state index in [2.05, 4.69) is 4.40 Å². The van der Waals surface area contributed by atoms with E-state index in [4.69, 9.17) is 4.74 Å². The molecule has 3 nitrogen and oxygen atoms in total. The number of benzene rings is 1. The molecular formula is C16H19F6NO2S. The standard InChI is InChI=1S/C16H19F6NO2S/c1-14(2,3)26(24)23-13(16(20,21)22)11-5-7-12(8-6-11)25-10-4-9-15(17,18)19/h5-8H,4,9-10H2,1-3H3/b23-13+. The van der Waals surface area contributed by atoms with Gasteiger partial charge in [-0.15, -0.1) is 0 Å². The van der Waals surface area contributed by atoms with Gasteiger partial charge in [0.1, 0.15) is 21.9 Å². The van der Waals surface area contributed by atoms with Crippen molar-refractivity contribution in [1.82, 2.24) is 0 Å². The van der Waals surface area contributed by atoms with E-state index in [1.54, 1.807) is 0 Å². The topological polar surface area (TPSA) is 44.7 Å². The molecule has 0 N–H and O–H groups in total. The van der Waals surface area contributed by atoms with Gasteiger partial charge in [-0.25, -0.2) is 0 Å². The zero-order valence-electron chi connectivity index (χ0n) is 14.4. The highest BCUT2D eigenvalue weighted by molar-refractivity contribution is 7.91. The molecule has 1 unspecified atom stereocenters. The summed E-state index contributed by atoms with van der Waals surface area (Å²) in [6.45, 7) is 4.28. The van der Waals surface area contributed by atoms with Crippen molar-refractivity contribution in [3.05, 3.63) is 29.8 Å². The van der Waals surface area contributed by atoms with Crippen LogP contribution in [0.4, 0.5) is 26.3 Å². The second kappa shape index (κ2) is 8.51. The normalized spacial score (nSPS) is 15.1. The fourth-order valence-corrected chi connectivity index (χ4v) is 2.31. The summed E-state index contributed by atoms with van der Waals surface area (Å²) in [6.07, 6.45) is -10.4. The zero-order valence-corrected chi connectivity index (χ0v) is 15.2. The van der Waals surface area contributed by atoms with Crippen LogP contribution in [0.2, 0.25) is 0 Å². The summed E-state index contributed by atoms with van der Waals surface area (Å²) < 4.78 is 95.1. The molecule has 0 radical (unpaired) electrons. The van der Waals surface area contributed by atoms with Crippen molar-refractivity contribution in [2.75, 3.05) is 6.61 Å². The zero-order chi connectivity index (χ0) is 20.2. The molecule has 1 aromatic rings. The molecule has 26 heavy (non-hydrogen) atoms. The molecule has 0 saturated carbocycles. The Labute approximate surface area is 150 Å². The van der Waals surface area contributed by atoms with Crippen LogP contribution in [0, 0.1) is 0 Å². The average molecular weight is 403 g/mol. The van der Waals surface area contributed by atoms with Gasteiger partial charge in [-0.1, -0.05) is 4.40 Å². The molecule has 0 aliphatic heterocycles. The molecule has 0 saturated heterocycles. The Morgan fingerprint density at radius 2 is 1.58 bits per heavy atom. The van der Waals surface area contributed by atoms with Gasteiger partial charge < -0.3 is 9.29 Å². The molecule has 10 heteroatoms. The highest BCUT2D eigenvalue weighted by Gasteiger charge is 2.41. The van der Waals surface area contributed by atoms with E-state index in [-0.39, 0.29) is 24.3 Å². The van der Waals surface area contributed by atoms with Crippen molar-refractivity contribution in [1.29, 1.82) is 0 Å². The first kappa shape index (κ1) is 22.6. The van der Waals surface area contributed by atoms with Gasteiger partial charge >= 0.3 is 12.4 Å². The molecule has 1 rings (SSSR count). The smallest absolute Gasteiger partial charge is 0.438 e. The fourth-order valence-electron chi connectivity index (χ4n) is 1.66. The van der Waals surface area contributed by atoms with Gasteiger partial charge in [0.15, 0.2) is 0 Å². The Bertz CT molecular complexity index is 605. The quantitative estimate of drug-likeness (QED) is 0.283. The summed E-state index contributed by atoms with van der Waals surface area (Å²) in [6, 6.07) is 4.55. The maximum atomic E-state index is 13.2. The van der Waals surface area contributed by atoms with Crippen LogP contribution in [0.15, 0.2) is 28.7 Å². The number of halogens is 6. The second-order valence-electron chi connectivity index (χ2n) is 6.39. The lowest BCUT2D eigenvalue weighted by Gasteiger charge is -2.20. The second-order valence-corrected chi connectivity index (χ2v) is 8.30. The lowest BCUT2D eigenvalue weighted by Crippen LogP contribution is -2.31. The van der Waals surface area contributed by atoms with Crippen LogP contribution in [0.25, 0.3) is 0 Å². The van der Waals surface area contributed by atoms with Crippen molar-refractivity contribution < 1.29 is 35.6 Å². The van der Waals surface area contributed by atoms with Crippen LogP contribution in [0.5, 0.6) is 5.75 Å². The lowest BCUT2D eigenvalue weighted by atomic mass is 10.1. The van der Waals surface area contributed by atoms with Gasteiger partial charge in [0.25, 0.3) is 0 Å². The van der Waals surface area contributed by atoms with Crippen LogP contribution < -0.4 is 4.74 Å². The van der Waals surface area contributed by atoms with E-state index in [0.717, 1.165) is 12.1 Å². The van der Waals surface area contributed by atoms with Crippen molar-refractivity contribution in [3.63, 3.8) is 0 Å². The number of nitrogens with zero attached hydrogens (tertiary/aromatic N) is 1. The largest absolute Gasteiger partial charge is 0.591 e. The molecule has 0 fully saturated rings. The summed E-state index contributed by atoms with van der Waals surface area (Å²) in [5, 5.41) is 0. The molecule has 0 amide bonds. The minimum Gasteiger partial charge on any atom is -0.591 e. The summed E-state index contributed by atoms with van der Waals surface area (Å²) in [7, 11) is 0. The molecule has 0 spiro atoms. The predicted molar refractivity (Wildman–Crippen MR) is 87.7 cm³/mol. The van der Waals surface area contributed by atoms with E-state index in [1.165, 1.54) is 32.9 Å². The van der Waals surface area contributed by atoms with Crippen LogP contribution >= 0.6 is 0 Å². The minimum atomic E-state index is -4.81. The maximum Gasteiger partial charge on any atom is 0.438 e. The third kappa shape index (κ3) is 7.86. The average Bonchev–Trinajstić information content (AvgIpc) is 2.46. The summed E-state index contributed by atoms with van der Waals surface area (Å²) >= 11 is -2.10. The fraction of sp³-hybridized carbons (Fsp3) is 0.562. The third-order valence-corrected chi connectivity index (χ3v) is 4.36. The van der Waals surface area contributed by atoms with Crippen molar-refractivity contribution in [2.45, 2.75) is 50.7 Å². The molecule has 0 aliphatic rings. The van der Waals surface area contributed by atoms with Gasteiger partial charge in [-0.05, 0) is 51.5 Å². The van der Waals surface area contributed by atoms with Gasteiger partial charge in [-0.2, -0.15) is 26.3 Å². The van der Waals surface area contributed by atoms with Gasteiger partial charge in [0.2, 0.25) is 5.71 Å². The SMILES string of the molecule is CC(C)(C)[S+]([O-])/N=C(\c1ccc(OCCCC(F)(F)F)cc1)C(F)(F)F. The number of rotatable bonds is 6. The minimum absolute atomic E-state index is 0.134. The predicted octanol–water partition coefficient (Wildman–Crippen LogP) is 5.22. The van der Waals surface area contributed by atoms with E-state index in [1.807, 2.05) is 0 Å². The van der Waals surface area contributed by atoms with Crippen molar-refractivity contribution >= 4 is 17.1 Å². The lowest BCUT2D eigenvalue weighted by molar-refractivity contribution is -0.136. The Kier molecular flexibility index (Phi) is 7.41. The summed E-state index contributed by atoms with van der Waals surface area (Å²) in [5.74, 6) is 0.134. The molecule has 0 aromatic heterocycles. The van der Waals surface area contributed by atoms with Crippen molar-refractivity contribution in [3.8, 4) is 5.75 Å². The molecule has 1 aromatic carbocycles. The Balaban J connectivity index is 2.87. The highest BCUT2D eigenvalue weighted by atomic mass is 32.2. The number of hydrogen-bond acceptors (Lipinski definition) is 3. The Morgan fingerprint density at radius 1 is 1.04 bits per heavy atom. The van der Waals surface area contributed by atoms with E-state index in [9.17, 15) is 30.9 Å². The first-order chi connectivity index (χ1) is 11.7. The molecule has 0 heterocycles. The summed E-state index contributed by atoms with van der Waals surface area (Å²) in [4.78, 5) is 0. The number of hydrogen-bond donors (Lipinski definition) is 0. The third-order valence-electron chi connectivity index (χ3n) is 2.97. The van der Waals surface area contributed by atoms with E-state index < -0.39 is 40.6 Å². The van der Waals surface area contributed by atoms with Gasteiger partial charge in [0, 0.05) is 12.0 Å². The first-order valence-corrected chi connectivity index (χ1v) is 8.69.